The van der Waals surface area contributed by atoms with Gasteiger partial charge in [0.25, 0.3) is 0 Å². The molecule has 6 nitrogen and oxygen atoms in total. The Labute approximate surface area is 448 Å². The van der Waals surface area contributed by atoms with Gasteiger partial charge in [0.15, 0.2) is 6.10 Å². The third kappa shape index (κ3) is 58.1. The first-order valence-corrected chi connectivity index (χ1v) is 29.3. The van der Waals surface area contributed by atoms with Gasteiger partial charge in [0.1, 0.15) is 13.2 Å². The molecule has 6 heteroatoms. The van der Waals surface area contributed by atoms with Crippen LogP contribution < -0.4 is 0 Å². The van der Waals surface area contributed by atoms with Crippen LogP contribution in [0.2, 0.25) is 0 Å². The predicted molar refractivity (Wildman–Crippen MR) is 315 cm³/mol. The van der Waals surface area contributed by atoms with E-state index in [-0.39, 0.29) is 31.1 Å². The Hall–Kier alpha value is -4.71. The van der Waals surface area contributed by atoms with Gasteiger partial charge in [-0.15, -0.1) is 0 Å². The number of allylic oxidation sites excluding steroid dienone is 24. The van der Waals surface area contributed by atoms with E-state index in [0.29, 0.717) is 19.3 Å². The maximum atomic E-state index is 12.8. The van der Waals surface area contributed by atoms with Gasteiger partial charge in [0.2, 0.25) is 0 Å². The summed E-state index contributed by atoms with van der Waals surface area (Å²) in [4.78, 5) is 37.9. The van der Waals surface area contributed by atoms with Crippen molar-refractivity contribution in [3.05, 3.63) is 146 Å². The van der Waals surface area contributed by atoms with Crippen molar-refractivity contribution >= 4 is 17.9 Å². The lowest BCUT2D eigenvalue weighted by Gasteiger charge is -2.18. The van der Waals surface area contributed by atoms with Gasteiger partial charge < -0.3 is 14.2 Å². The molecule has 1 atom stereocenters. The van der Waals surface area contributed by atoms with Gasteiger partial charge in [-0.05, 0) is 122 Å². The largest absolute Gasteiger partial charge is 0.462 e. The van der Waals surface area contributed by atoms with E-state index in [1.165, 1.54) is 25.7 Å². The van der Waals surface area contributed by atoms with Gasteiger partial charge in [-0.2, -0.15) is 0 Å². The molecule has 0 aliphatic rings. The molecule has 1 unspecified atom stereocenters. The third-order valence-electron chi connectivity index (χ3n) is 11.8. The SMILES string of the molecule is CC/C=C\C/C=C\C/C=C\C/C=C\C/C=C\C/C=C\CCCCCCCCC(=O)OCC(COC(=O)CCCCCCC)OC(=O)CCCCCCCC/C=C\C/C=C\C/C=C\C/C=C\C/C=C\C/C=C\CC. The van der Waals surface area contributed by atoms with Crippen LogP contribution >= 0.6 is 0 Å². The zero-order valence-electron chi connectivity index (χ0n) is 46.8. The topological polar surface area (TPSA) is 78.9 Å². The molecular weight excluding hydrogens is 901 g/mol. The van der Waals surface area contributed by atoms with Gasteiger partial charge in [-0.25, -0.2) is 0 Å². The minimum atomic E-state index is -0.796. The fraction of sp³-hybridized carbons (Fsp3) is 0.597. The smallest absolute Gasteiger partial charge is 0.306 e. The summed E-state index contributed by atoms with van der Waals surface area (Å²) < 4.78 is 16.7. The van der Waals surface area contributed by atoms with Crippen LogP contribution in [0.3, 0.4) is 0 Å². The minimum absolute atomic E-state index is 0.0951. The van der Waals surface area contributed by atoms with Crippen molar-refractivity contribution in [3.8, 4) is 0 Å². The molecule has 0 aromatic rings. The molecular formula is C67H106O6. The lowest BCUT2D eigenvalue weighted by molar-refractivity contribution is -0.167. The molecule has 0 N–H and O–H groups in total. The van der Waals surface area contributed by atoms with E-state index >= 15 is 0 Å². The molecule has 0 aliphatic heterocycles. The summed E-state index contributed by atoms with van der Waals surface area (Å²) in [5.41, 5.74) is 0. The number of hydrogen-bond donors (Lipinski definition) is 0. The Morgan fingerprint density at radius 3 is 0.836 bits per heavy atom. The van der Waals surface area contributed by atoms with E-state index in [2.05, 4.69) is 167 Å². The molecule has 0 aliphatic carbocycles. The molecule has 0 fully saturated rings. The van der Waals surface area contributed by atoms with E-state index in [0.717, 1.165) is 173 Å². The Kier molecular flexibility index (Phi) is 56.0. The van der Waals surface area contributed by atoms with Crippen molar-refractivity contribution in [1.82, 2.24) is 0 Å². The van der Waals surface area contributed by atoms with Crippen molar-refractivity contribution in [2.24, 2.45) is 0 Å². The average Bonchev–Trinajstić information content (AvgIpc) is 3.39. The molecule has 73 heavy (non-hydrogen) atoms. The number of esters is 3. The highest BCUT2D eigenvalue weighted by Gasteiger charge is 2.19. The van der Waals surface area contributed by atoms with Crippen LogP contribution in [0, 0.1) is 0 Å². The highest BCUT2D eigenvalue weighted by Crippen LogP contribution is 2.13. The molecule has 0 bridgehead atoms. The standard InChI is InChI=1S/C67H106O6/c1-4-7-10-13-15-17-19-21-23-25-27-29-31-33-35-37-39-41-43-45-47-49-51-54-57-60-66(69)72-63-64(62-71-65(68)59-56-53-12-9-6-3)73-67(70)61-58-55-52-50-48-46-44-42-40-38-36-34-32-30-28-26-24-22-20-18-16-14-11-8-5-2/h7-8,10-11,15-18,21-24,27-30,33-36,39-42,64H,4-6,9,12-14,19-20,25-26,31-32,37-38,43-63H2,1-3H3/b10-7-,11-8-,17-15-,18-16-,23-21-,24-22-,29-27-,30-28-,35-33-,36-34-,41-39-,42-40-. The van der Waals surface area contributed by atoms with E-state index < -0.39 is 6.10 Å². The van der Waals surface area contributed by atoms with Crippen LogP contribution in [0.4, 0.5) is 0 Å². The monoisotopic (exact) mass is 1010 g/mol. The summed E-state index contributed by atoms with van der Waals surface area (Å²) in [5, 5.41) is 0. The fourth-order valence-corrected chi connectivity index (χ4v) is 7.51. The second kappa shape index (κ2) is 59.8. The predicted octanol–water partition coefficient (Wildman–Crippen LogP) is 20.0. The quantitative estimate of drug-likeness (QED) is 0.0261. The minimum Gasteiger partial charge on any atom is -0.462 e. The summed E-state index contributed by atoms with van der Waals surface area (Å²) in [6.07, 6.45) is 85.9. The molecule has 0 amide bonds. The van der Waals surface area contributed by atoms with Crippen LogP contribution in [-0.2, 0) is 28.6 Å². The summed E-state index contributed by atoms with van der Waals surface area (Å²) in [5.74, 6) is -0.945. The van der Waals surface area contributed by atoms with Crippen molar-refractivity contribution in [2.75, 3.05) is 13.2 Å². The number of carbonyl (C=O) groups is 3. The molecule has 0 saturated carbocycles. The number of unbranched alkanes of at least 4 members (excludes halogenated alkanes) is 16. The lowest BCUT2D eigenvalue weighted by atomic mass is 10.1. The molecule has 0 aromatic heterocycles. The number of rotatable bonds is 51. The van der Waals surface area contributed by atoms with Crippen molar-refractivity contribution in [1.29, 1.82) is 0 Å². The van der Waals surface area contributed by atoms with E-state index in [9.17, 15) is 14.4 Å². The molecule has 0 rings (SSSR count). The van der Waals surface area contributed by atoms with Gasteiger partial charge in [-0.3, -0.25) is 14.4 Å². The summed E-state index contributed by atoms with van der Waals surface area (Å²) in [7, 11) is 0. The van der Waals surface area contributed by atoms with Crippen LogP contribution in [0.5, 0.6) is 0 Å². The van der Waals surface area contributed by atoms with Gasteiger partial charge >= 0.3 is 17.9 Å². The summed E-state index contributed by atoms with van der Waals surface area (Å²) in [6.45, 7) is 6.29. The first-order valence-electron chi connectivity index (χ1n) is 29.3. The Balaban J connectivity index is 4.21. The van der Waals surface area contributed by atoms with Gasteiger partial charge in [0.05, 0.1) is 0 Å². The maximum Gasteiger partial charge on any atom is 0.306 e. The van der Waals surface area contributed by atoms with E-state index in [1.54, 1.807) is 0 Å². The highest BCUT2D eigenvalue weighted by molar-refractivity contribution is 5.71. The van der Waals surface area contributed by atoms with Crippen molar-refractivity contribution in [3.63, 3.8) is 0 Å². The second-order valence-corrected chi connectivity index (χ2v) is 18.8. The highest BCUT2D eigenvalue weighted by atomic mass is 16.6. The molecule has 0 heterocycles. The Bertz CT molecular complexity index is 1630. The van der Waals surface area contributed by atoms with E-state index in [4.69, 9.17) is 14.2 Å². The third-order valence-corrected chi connectivity index (χ3v) is 11.8. The van der Waals surface area contributed by atoms with Gasteiger partial charge in [-0.1, -0.05) is 244 Å². The normalized spacial score (nSPS) is 13.2. The molecule has 410 valence electrons. The van der Waals surface area contributed by atoms with Crippen LogP contribution in [0.25, 0.3) is 0 Å². The zero-order valence-corrected chi connectivity index (χ0v) is 46.8. The second-order valence-electron chi connectivity index (χ2n) is 18.8. The van der Waals surface area contributed by atoms with Gasteiger partial charge in [0, 0.05) is 19.3 Å². The maximum absolute atomic E-state index is 12.8. The summed E-state index contributed by atoms with van der Waals surface area (Å²) >= 11 is 0. The van der Waals surface area contributed by atoms with Crippen LogP contribution in [-0.4, -0.2) is 37.2 Å². The summed E-state index contributed by atoms with van der Waals surface area (Å²) in [6, 6.07) is 0. The molecule has 0 aromatic carbocycles. The zero-order chi connectivity index (χ0) is 52.9. The van der Waals surface area contributed by atoms with Crippen molar-refractivity contribution in [2.45, 2.75) is 245 Å². The van der Waals surface area contributed by atoms with Crippen molar-refractivity contribution < 1.29 is 28.6 Å². The van der Waals surface area contributed by atoms with Crippen LogP contribution in [0.15, 0.2) is 146 Å². The number of hydrogen-bond acceptors (Lipinski definition) is 6. The van der Waals surface area contributed by atoms with Crippen LogP contribution in [0.1, 0.15) is 239 Å². The number of ether oxygens (including phenoxy) is 3. The molecule has 0 saturated heterocycles. The first-order chi connectivity index (χ1) is 36.0. The lowest BCUT2D eigenvalue weighted by Crippen LogP contribution is -2.30. The fourth-order valence-electron chi connectivity index (χ4n) is 7.51. The number of carbonyl (C=O) groups excluding carboxylic acids is 3. The molecule has 0 spiro atoms. The molecule has 0 radical (unpaired) electrons. The van der Waals surface area contributed by atoms with E-state index in [1.807, 2.05) is 0 Å². The Morgan fingerprint density at radius 2 is 0.534 bits per heavy atom. The average molecular weight is 1010 g/mol. The first kappa shape index (κ1) is 68.3. The Morgan fingerprint density at radius 1 is 0.288 bits per heavy atom.